The number of primary amides is 1. The summed E-state index contributed by atoms with van der Waals surface area (Å²) in [6.45, 7) is 1.66. The molecule has 0 aliphatic heterocycles. The summed E-state index contributed by atoms with van der Waals surface area (Å²) >= 11 is 5.49. The Balaban J connectivity index is 2.30. The van der Waals surface area contributed by atoms with E-state index in [1.54, 1.807) is 20.1 Å². The lowest BCUT2D eigenvalue weighted by atomic mass is 10.0. The highest BCUT2D eigenvalue weighted by Crippen LogP contribution is 2.13. The number of thioether (sulfide) groups is 1. The molecule has 1 heterocycles. The number of nitrogens with one attached hydrogen (secondary N) is 10. The molecule has 0 unspecified atom stereocenters. The Labute approximate surface area is 489 Å². The van der Waals surface area contributed by atoms with Gasteiger partial charge in [0.2, 0.25) is 59.1 Å². The van der Waals surface area contributed by atoms with Crippen molar-refractivity contribution in [3.05, 3.63) is 48.0 Å². The van der Waals surface area contributed by atoms with Crippen molar-refractivity contribution in [2.24, 2.45) is 39.6 Å². The molecule has 33 heteroatoms. The van der Waals surface area contributed by atoms with Gasteiger partial charge in [0, 0.05) is 43.5 Å². The fourth-order valence-electron chi connectivity index (χ4n) is 7.71. The second-order valence-corrected chi connectivity index (χ2v) is 20.8. The Morgan fingerprint density at radius 2 is 1.23 bits per heavy atom. The lowest BCUT2D eigenvalue weighted by Gasteiger charge is -2.27. The summed E-state index contributed by atoms with van der Waals surface area (Å²) in [5, 5.41) is 52.2. The van der Waals surface area contributed by atoms with Gasteiger partial charge in [-0.1, -0.05) is 32.4 Å². The second-order valence-electron chi connectivity index (χ2n) is 19.4. The van der Waals surface area contributed by atoms with E-state index in [0.29, 0.717) is 36.4 Å². The number of carbonyl (C=O) groups is 11. The molecule has 0 fully saturated rings. The number of aliphatic carboxylic acids is 1. The Bertz CT molecular complexity index is 2490. The maximum atomic E-state index is 14.0. The number of phenolic OH excluding ortho intramolecular Hbond substituents is 1. The number of benzene rings is 1. The van der Waals surface area contributed by atoms with Gasteiger partial charge in [0.25, 0.3) is 0 Å². The molecule has 10 amide bonds. The number of hydrogen-bond donors (Lipinski definition) is 19. The first-order valence-corrected chi connectivity index (χ1v) is 28.5. The summed E-state index contributed by atoms with van der Waals surface area (Å²) in [5.41, 5.74) is 28.6. The molecule has 2 aromatic rings. The Morgan fingerprint density at radius 3 is 1.77 bits per heavy atom. The first kappa shape index (κ1) is 71.4. The number of aromatic amines is 1. The zero-order valence-electron chi connectivity index (χ0n) is 46.5. The van der Waals surface area contributed by atoms with Crippen LogP contribution in [0.25, 0.3) is 0 Å². The van der Waals surface area contributed by atoms with E-state index >= 15 is 0 Å². The molecule has 2 rings (SSSR count). The van der Waals surface area contributed by atoms with Gasteiger partial charge in [-0.2, -0.15) is 24.4 Å². The van der Waals surface area contributed by atoms with Crippen molar-refractivity contribution in [2.45, 2.75) is 132 Å². The number of unbranched alkanes of at least 4 members (excludes halogenated alkanes) is 1. The molecular weight excluding hydrogens is 1130 g/mol. The van der Waals surface area contributed by atoms with Gasteiger partial charge in [0.15, 0.2) is 5.96 Å². The van der Waals surface area contributed by atoms with Crippen molar-refractivity contribution in [1.82, 2.24) is 57.8 Å². The number of rotatable bonds is 40. The number of nitrogens with zero attached hydrogens (tertiary/aromatic N) is 2. The highest BCUT2D eigenvalue weighted by molar-refractivity contribution is 7.98. The van der Waals surface area contributed by atoms with Crippen molar-refractivity contribution >= 4 is 95.4 Å². The summed E-state index contributed by atoms with van der Waals surface area (Å²) in [6.07, 6.45) is 4.70. The molecule has 0 saturated carbocycles. The van der Waals surface area contributed by atoms with Crippen LogP contribution >= 0.6 is 24.4 Å². The summed E-state index contributed by atoms with van der Waals surface area (Å²) in [5.74, 6) is -11.3. The number of imidazole rings is 1. The van der Waals surface area contributed by atoms with E-state index in [-0.39, 0.29) is 62.5 Å². The molecule has 1 aromatic carbocycles. The highest BCUT2D eigenvalue weighted by Gasteiger charge is 2.35. The zero-order chi connectivity index (χ0) is 62.2. The number of aliphatic hydroxyl groups is 1. The molecule has 9 atom stereocenters. The molecule has 0 saturated heterocycles. The minimum absolute atomic E-state index is 0.0319. The number of amides is 10. The van der Waals surface area contributed by atoms with Gasteiger partial charge < -0.3 is 96.8 Å². The van der Waals surface area contributed by atoms with Crippen LogP contribution in [-0.2, 0) is 65.6 Å². The summed E-state index contributed by atoms with van der Waals surface area (Å²) in [4.78, 5) is 157. The van der Waals surface area contributed by atoms with Crippen LogP contribution in [-0.4, -0.2) is 195 Å². The molecule has 1 aromatic heterocycles. The van der Waals surface area contributed by atoms with Crippen molar-refractivity contribution < 1.29 is 68.1 Å². The first-order valence-electron chi connectivity index (χ1n) is 26.5. The molecule has 462 valence electrons. The third-order valence-corrected chi connectivity index (χ3v) is 13.4. The number of carbonyl (C=O) groups excluding carboxylic acids is 10. The standard InChI is InChI=1S/C50H81N17O14S2/c1-26(2)40(48(79)58-22-39(71)60-34(19-27-9-11-29(69)12-10-27)45(76)63-33(15-18-83-3)43(74)64-35(49(80)81)20-28-21-56-25-59-28)67-44(75)31(8-6-17-57-50(54)55)61-46(77)36(23-68)65-42(73)32(13-14-38(53)70)62-47(78)37(24-82)66-41(72)30(52)7-4-5-16-51/h9-12,21,25-26,30-37,40,68-69,82H,4-8,13-20,22-24,51-52H2,1-3H3,(H2,53,70)(H,56,59)(H,58,79)(H,60,71)(H,61,77)(H,62,78)(H,63,76)(H,64,74)(H,65,73)(H,66,72)(H,67,75)(H,80,81)(H4,54,55,57)/t30-,31-,32-,33-,34-,35-,36-,37-,40-/m0/s1. The first-order chi connectivity index (χ1) is 39.3. The van der Waals surface area contributed by atoms with Crippen LogP contribution < -0.4 is 76.5 Å². The molecule has 0 aliphatic carbocycles. The third kappa shape index (κ3) is 27.3. The van der Waals surface area contributed by atoms with E-state index in [9.17, 15) is 68.1 Å². The van der Waals surface area contributed by atoms with Gasteiger partial charge in [0.1, 0.15) is 54.1 Å². The largest absolute Gasteiger partial charge is 0.508 e. The second kappa shape index (κ2) is 38.1. The Morgan fingerprint density at radius 1 is 0.675 bits per heavy atom. The van der Waals surface area contributed by atoms with E-state index in [1.165, 1.54) is 48.6 Å². The molecule has 0 spiro atoms. The minimum atomic E-state index is -1.79. The van der Waals surface area contributed by atoms with Crippen molar-refractivity contribution in [3.63, 3.8) is 0 Å². The van der Waals surface area contributed by atoms with Gasteiger partial charge in [-0.25, -0.2) is 9.78 Å². The van der Waals surface area contributed by atoms with Gasteiger partial charge in [-0.05, 0) is 80.7 Å². The summed E-state index contributed by atoms with van der Waals surface area (Å²) in [7, 11) is 0. The quantitative estimate of drug-likeness (QED) is 0.0128. The maximum absolute atomic E-state index is 14.0. The molecule has 23 N–H and O–H groups in total. The van der Waals surface area contributed by atoms with Crippen LogP contribution in [0.3, 0.4) is 0 Å². The number of guanidine groups is 1. The average molecular weight is 1210 g/mol. The maximum Gasteiger partial charge on any atom is 0.326 e. The fraction of sp³-hybridized carbons (Fsp3) is 0.580. The topological polar surface area (TPSA) is 528 Å². The van der Waals surface area contributed by atoms with Crippen LogP contribution in [0.4, 0.5) is 0 Å². The Hall–Kier alpha value is -7.75. The van der Waals surface area contributed by atoms with Crippen molar-refractivity contribution in [1.29, 1.82) is 0 Å². The van der Waals surface area contributed by atoms with Crippen molar-refractivity contribution in [3.8, 4) is 5.75 Å². The number of aliphatic hydroxyl groups excluding tert-OH is 1. The van der Waals surface area contributed by atoms with Crippen LogP contribution in [0.1, 0.15) is 76.5 Å². The summed E-state index contributed by atoms with van der Waals surface area (Å²) in [6, 6.07) is -6.95. The monoisotopic (exact) mass is 1210 g/mol. The number of hydrogen-bond acceptors (Lipinski definition) is 19. The number of H-pyrrole nitrogens is 1. The zero-order valence-corrected chi connectivity index (χ0v) is 48.2. The lowest BCUT2D eigenvalue weighted by Crippen LogP contribution is -2.61. The summed E-state index contributed by atoms with van der Waals surface area (Å²) < 4.78 is 0. The lowest BCUT2D eigenvalue weighted by molar-refractivity contribution is -0.142. The molecular formula is C50H81N17O14S2. The predicted molar refractivity (Wildman–Crippen MR) is 308 cm³/mol. The predicted octanol–water partition coefficient (Wildman–Crippen LogP) is -5.91. The van der Waals surface area contributed by atoms with Crippen LogP contribution in [0.5, 0.6) is 5.75 Å². The number of aromatic nitrogens is 2. The normalized spacial score (nSPS) is 14.3. The van der Waals surface area contributed by atoms with Crippen LogP contribution in [0.15, 0.2) is 41.8 Å². The minimum Gasteiger partial charge on any atom is -0.508 e. The number of nitrogens with two attached hydrogens (primary N) is 5. The molecule has 31 nitrogen and oxygen atoms in total. The number of thiol groups is 1. The van der Waals surface area contributed by atoms with E-state index in [4.69, 9.17) is 28.7 Å². The van der Waals surface area contributed by atoms with E-state index in [1.807, 2.05) is 0 Å². The average Bonchev–Trinajstić information content (AvgIpc) is 4.02. The third-order valence-electron chi connectivity index (χ3n) is 12.4. The van der Waals surface area contributed by atoms with Crippen LogP contribution in [0, 0.1) is 5.92 Å². The number of aliphatic imine (C=N–C) groups is 1. The van der Waals surface area contributed by atoms with Gasteiger partial charge in [-0.3, -0.25) is 52.9 Å². The number of carboxylic acid groups (broad SMARTS) is 1. The van der Waals surface area contributed by atoms with E-state index in [2.05, 4.69) is 75.4 Å². The SMILES string of the molecule is CSCC[C@H](NC(=O)[C@H](Cc1ccc(O)cc1)NC(=O)CNC(=O)[C@@H](NC(=O)[C@H](CCCN=C(N)N)NC(=O)[C@H](CO)NC(=O)[C@H](CCC(N)=O)NC(=O)[C@H](CS)NC(=O)[C@@H](N)CCCCN)C(C)C)C(=O)N[C@@H](Cc1cnc[nH]1)C(=O)O. The molecule has 0 radical (unpaired) electrons. The number of phenols is 1. The van der Waals surface area contributed by atoms with E-state index in [0.717, 1.165) is 0 Å². The fourth-order valence-corrected chi connectivity index (χ4v) is 8.43. The number of carboxylic acids is 1. The smallest absolute Gasteiger partial charge is 0.326 e. The van der Waals surface area contributed by atoms with Crippen molar-refractivity contribution in [2.75, 3.05) is 44.0 Å². The van der Waals surface area contributed by atoms with Crippen LogP contribution in [0.2, 0.25) is 0 Å². The molecule has 0 bridgehead atoms. The molecule has 0 aliphatic rings. The van der Waals surface area contributed by atoms with E-state index < -0.39 is 151 Å². The number of aromatic hydroxyl groups is 1. The van der Waals surface area contributed by atoms with Gasteiger partial charge in [-0.15, -0.1) is 0 Å². The molecule has 83 heavy (non-hydrogen) atoms. The van der Waals surface area contributed by atoms with Gasteiger partial charge >= 0.3 is 5.97 Å². The highest BCUT2D eigenvalue weighted by atomic mass is 32.2. The van der Waals surface area contributed by atoms with Gasteiger partial charge in [0.05, 0.1) is 25.5 Å². The Kier molecular flexibility index (Phi) is 32.8.